The van der Waals surface area contributed by atoms with E-state index in [1.807, 2.05) is 0 Å². The Labute approximate surface area is 60.6 Å². The minimum absolute atomic E-state index is 0.704. The highest BCUT2D eigenvalue weighted by Gasteiger charge is 2.18. The number of amides is 1. The summed E-state index contributed by atoms with van der Waals surface area (Å²) in [5, 5.41) is 8.55. The van der Waals surface area contributed by atoms with Crippen molar-refractivity contribution in [3.8, 4) is 0 Å². The van der Waals surface area contributed by atoms with Crippen LogP contribution in [0.3, 0.4) is 0 Å². The lowest BCUT2D eigenvalue weighted by molar-refractivity contribution is 0.127. The van der Waals surface area contributed by atoms with E-state index in [-0.39, 0.29) is 0 Å². The Morgan fingerprint density at radius 2 is 2.00 bits per heavy atom. The maximum atomic E-state index is 10.4. The Morgan fingerprint density at radius 1 is 1.50 bits per heavy atom. The summed E-state index contributed by atoms with van der Waals surface area (Å²) in [4.78, 5) is 11.9. The van der Waals surface area contributed by atoms with E-state index in [1.54, 1.807) is 0 Å². The van der Waals surface area contributed by atoms with Gasteiger partial charge in [0.15, 0.2) is 0 Å². The smallest absolute Gasteiger partial charge is 0.407 e. The molecule has 0 bridgehead atoms. The summed E-state index contributed by atoms with van der Waals surface area (Å²) in [5.41, 5.74) is 0. The molecular formula is C7H13NO2. The van der Waals surface area contributed by atoms with Crippen molar-refractivity contribution in [3.63, 3.8) is 0 Å². The lowest BCUT2D eigenvalue weighted by Crippen LogP contribution is -2.36. The van der Waals surface area contributed by atoms with Crippen LogP contribution in [0.15, 0.2) is 0 Å². The highest BCUT2D eigenvalue weighted by atomic mass is 16.4. The number of piperidine rings is 1. The maximum absolute atomic E-state index is 10.4. The number of nitrogens with zero attached hydrogens (tertiary/aromatic N) is 1. The van der Waals surface area contributed by atoms with Crippen molar-refractivity contribution in [3.05, 3.63) is 0 Å². The molecule has 3 heteroatoms. The maximum Gasteiger partial charge on any atom is 0.407 e. The Morgan fingerprint density at radius 3 is 2.40 bits per heavy atom. The van der Waals surface area contributed by atoms with Gasteiger partial charge < -0.3 is 10.0 Å². The molecule has 0 aromatic carbocycles. The quantitative estimate of drug-likeness (QED) is 0.556. The molecule has 0 unspecified atom stereocenters. The van der Waals surface area contributed by atoms with Crippen LogP contribution >= 0.6 is 0 Å². The summed E-state index contributed by atoms with van der Waals surface area (Å²) in [6.45, 7) is 3.60. The Bertz CT molecular complexity index is 128. The van der Waals surface area contributed by atoms with E-state index >= 15 is 0 Å². The monoisotopic (exact) mass is 143 g/mol. The molecule has 1 rings (SSSR count). The van der Waals surface area contributed by atoms with Crippen LogP contribution in [0.2, 0.25) is 0 Å². The van der Waals surface area contributed by atoms with Crippen molar-refractivity contribution < 1.29 is 9.90 Å². The van der Waals surface area contributed by atoms with E-state index in [0.29, 0.717) is 5.92 Å². The van der Waals surface area contributed by atoms with Crippen molar-refractivity contribution in [1.82, 2.24) is 4.90 Å². The van der Waals surface area contributed by atoms with Crippen LogP contribution in [0.25, 0.3) is 0 Å². The summed E-state index contributed by atoms with van der Waals surface area (Å²) >= 11 is 0. The number of hydrogen-bond acceptors (Lipinski definition) is 1. The molecule has 1 heterocycles. The van der Waals surface area contributed by atoms with Gasteiger partial charge in [-0.3, -0.25) is 0 Å². The molecule has 1 N–H and O–H groups in total. The fourth-order valence-electron chi connectivity index (χ4n) is 1.20. The van der Waals surface area contributed by atoms with Crippen molar-refractivity contribution in [1.29, 1.82) is 0 Å². The van der Waals surface area contributed by atoms with Crippen LogP contribution in [0, 0.1) is 5.92 Å². The predicted molar refractivity (Wildman–Crippen MR) is 38.0 cm³/mol. The molecule has 0 atom stereocenters. The molecule has 58 valence electrons. The second kappa shape index (κ2) is 2.90. The minimum atomic E-state index is -0.771. The zero-order chi connectivity index (χ0) is 7.56. The summed E-state index contributed by atoms with van der Waals surface area (Å²) in [6.07, 6.45) is 1.27. The normalized spacial score (nSPS) is 21.1. The van der Waals surface area contributed by atoms with Gasteiger partial charge in [-0.1, -0.05) is 6.92 Å². The van der Waals surface area contributed by atoms with Gasteiger partial charge in [0.05, 0.1) is 0 Å². The van der Waals surface area contributed by atoms with Crippen molar-refractivity contribution in [2.45, 2.75) is 19.8 Å². The fraction of sp³-hybridized carbons (Fsp3) is 0.857. The van der Waals surface area contributed by atoms with Gasteiger partial charge in [0.1, 0.15) is 0 Å². The Hall–Kier alpha value is -0.730. The second-order valence-corrected chi connectivity index (χ2v) is 2.95. The predicted octanol–water partition coefficient (Wildman–Crippen LogP) is 1.40. The van der Waals surface area contributed by atoms with Crippen LogP contribution < -0.4 is 0 Å². The third kappa shape index (κ3) is 1.62. The standard InChI is InChI=1S/C7H13NO2/c1-6-2-4-8(5-3-6)7(9)10/h6H,2-5H2,1H3,(H,9,10). The first-order valence-corrected chi connectivity index (χ1v) is 3.68. The summed E-state index contributed by atoms with van der Waals surface area (Å²) < 4.78 is 0. The van der Waals surface area contributed by atoms with Gasteiger partial charge in [-0.05, 0) is 18.8 Å². The number of likely N-dealkylation sites (tertiary alicyclic amines) is 1. The van der Waals surface area contributed by atoms with E-state index in [0.717, 1.165) is 25.9 Å². The Kier molecular flexibility index (Phi) is 2.14. The third-order valence-electron chi connectivity index (χ3n) is 2.05. The van der Waals surface area contributed by atoms with Gasteiger partial charge in [-0.25, -0.2) is 4.79 Å². The first-order chi connectivity index (χ1) is 4.70. The highest BCUT2D eigenvalue weighted by molar-refractivity contribution is 5.64. The third-order valence-corrected chi connectivity index (χ3v) is 2.05. The molecule has 1 fully saturated rings. The highest BCUT2D eigenvalue weighted by Crippen LogP contribution is 2.15. The van der Waals surface area contributed by atoms with E-state index in [9.17, 15) is 4.79 Å². The van der Waals surface area contributed by atoms with Crippen LogP contribution in [-0.2, 0) is 0 Å². The molecule has 0 radical (unpaired) electrons. The van der Waals surface area contributed by atoms with E-state index in [4.69, 9.17) is 5.11 Å². The van der Waals surface area contributed by atoms with Crippen LogP contribution in [-0.4, -0.2) is 29.2 Å². The molecule has 1 saturated heterocycles. The van der Waals surface area contributed by atoms with E-state index < -0.39 is 6.09 Å². The van der Waals surface area contributed by atoms with Crippen molar-refractivity contribution in [2.75, 3.05) is 13.1 Å². The van der Waals surface area contributed by atoms with E-state index in [1.165, 1.54) is 4.90 Å². The number of hydrogen-bond donors (Lipinski definition) is 1. The molecule has 1 aliphatic heterocycles. The first kappa shape index (κ1) is 7.38. The van der Waals surface area contributed by atoms with Crippen molar-refractivity contribution in [2.24, 2.45) is 5.92 Å². The first-order valence-electron chi connectivity index (χ1n) is 3.68. The topological polar surface area (TPSA) is 40.5 Å². The summed E-state index contributed by atoms with van der Waals surface area (Å²) in [7, 11) is 0. The molecule has 0 spiro atoms. The molecule has 10 heavy (non-hydrogen) atoms. The second-order valence-electron chi connectivity index (χ2n) is 2.95. The molecule has 0 aromatic heterocycles. The molecule has 1 amide bonds. The number of carboxylic acid groups (broad SMARTS) is 1. The van der Waals surface area contributed by atoms with Gasteiger partial charge in [-0.15, -0.1) is 0 Å². The average Bonchev–Trinajstić information content (AvgIpc) is 1.88. The van der Waals surface area contributed by atoms with Crippen LogP contribution in [0.1, 0.15) is 19.8 Å². The van der Waals surface area contributed by atoms with Gasteiger partial charge in [0.2, 0.25) is 0 Å². The summed E-state index contributed by atoms with van der Waals surface area (Å²) in [5.74, 6) is 0.704. The Balaban J connectivity index is 2.33. The van der Waals surface area contributed by atoms with Gasteiger partial charge >= 0.3 is 6.09 Å². The lowest BCUT2D eigenvalue weighted by atomic mass is 10.00. The minimum Gasteiger partial charge on any atom is -0.465 e. The number of rotatable bonds is 0. The molecule has 1 aliphatic rings. The zero-order valence-corrected chi connectivity index (χ0v) is 6.21. The largest absolute Gasteiger partial charge is 0.465 e. The summed E-state index contributed by atoms with van der Waals surface area (Å²) in [6, 6.07) is 0. The zero-order valence-electron chi connectivity index (χ0n) is 6.21. The van der Waals surface area contributed by atoms with Gasteiger partial charge in [-0.2, -0.15) is 0 Å². The SMILES string of the molecule is CC1CCN(C(=O)O)CC1. The van der Waals surface area contributed by atoms with Crippen LogP contribution in [0.5, 0.6) is 0 Å². The molecular weight excluding hydrogens is 130 g/mol. The molecule has 0 aromatic rings. The fourth-order valence-corrected chi connectivity index (χ4v) is 1.20. The molecule has 0 aliphatic carbocycles. The van der Waals surface area contributed by atoms with Gasteiger partial charge in [0.25, 0.3) is 0 Å². The lowest BCUT2D eigenvalue weighted by Gasteiger charge is -2.27. The van der Waals surface area contributed by atoms with Crippen LogP contribution in [0.4, 0.5) is 4.79 Å². The average molecular weight is 143 g/mol. The molecule has 0 saturated carbocycles. The van der Waals surface area contributed by atoms with Crippen molar-refractivity contribution >= 4 is 6.09 Å². The van der Waals surface area contributed by atoms with Gasteiger partial charge in [0, 0.05) is 13.1 Å². The molecule has 3 nitrogen and oxygen atoms in total. The van der Waals surface area contributed by atoms with E-state index in [2.05, 4.69) is 6.92 Å². The number of carbonyl (C=O) groups is 1.